The SMILES string of the molecule is FC(F)(F)C(F)(F)C(F)(F)c1c2nc(c(Cl)c3nc(c(C(F)(F)C(F)(F)C(F)(F)F)c4ccc([nH]4)c(Cl)c4ccc1[nH]4)C=C3)C=C2. The van der Waals surface area contributed by atoms with Gasteiger partial charge in [-0.1, -0.05) is 23.2 Å². The van der Waals surface area contributed by atoms with Crippen LogP contribution in [-0.4, -0.2) is 44.1 Å². The number of rotatable bonds is 4. The second-order valence-corrected chi connectivity index (χ2v) is 10.4. The molecule has 2 aliphatic rings. The van der Waals surface area contributed by atoms with Gasteiger partial charge in [0.2, 0.25) is 0 Å². The number of alkyl halides is 14. The number of nitrogens with one attached hydrogen (secondary N) is 2. The van der Waals surface area contributed by atoms with Crippen molar-refractivity contribution in [1.29, 1.82) is 0 Å². The van der Waals surface area contributed by atoms with Gasteiger partial charge in [0, 0.05) is 0 Å². The molecule has 0 atom stereocenters. The summed E-state index contributed by atoms with van der Waals surface area (Å²) in [6.45, 7) is 0. The van der Waals surface area contributed by atoms with Gasteiger partial charge in [-0.2, -0.15) is 61.5 Å². The zero-order valence-electron chi connectivity index (χ0n) is 21.6. The van der Waals surface area contributed by atoms with Crippen LogP contribution >= 0.6 is 23.2 Å². The van der Waals surface area contributed by atoms with E-state index >= 15 is 17.6 Å². The molecule has 0 saturated carbocycles. The average Bonchev–Trinajstić information content (AvgIpc) is 3.74. The van der Waals surface area contributed by atoms with Gasteiger partial charge in [0.1, 0.15) is 0 Å². The number of nitrogens with zero attached hydrogens (tertiary/aromatic N) is 2. The first kappa shape index (κ1) is 33.6. The fourth-order valence-electron chi connectivity index (χ4n) is 4.47. The summed E-state index contributed by atoms with van der Waals surface area (Å²) in [6.07, 6.45) is -10.9. The quantitative estimate of drug-likeness (QED) is 0.182. The van der Waals surface area contributed by atoms with E-state index in [1.165, 1.54) is 0 Å². The zero-order valence-corrected chi connectivity index (χ0v) is 23.1. The van der Waals surface area contributed by atoms with E-state index < -0.39 is 102 Å². The third-order valence-electron chi connectivity index (χ3n) is 6.75. The number of hydrogen-bond acceptors (Lipinski definition) is 2. The van der Waals surface area contributed by atoms with Gasteiger partial charge in [-0.15, -0.1) is 0 Å². The van der Waals surface area contributed by atoms with Gasteiger partial charge in [0.15, 0.2) is 0 Å². The van der Waals surface area contributed by atoms with Crippen LogP contribution in [0.3, 0.4) is 0 Å². The van der Waals surface area contributed by atoms with Crippen LogP contribution in [0.5, 0.6) is 0 Å². The van der Waals surface area contributed by atoms with Crippen LogP contribution in [0.15, 0.2) is 24.3 Å². The summed E-state index contributed by atoms with van der Waals surface area (Å²) in [7, 11) is 0. The lowest BCUT2D eigenvalue weighted by Crippen LogP contribution is -2.50. The summed E-state index contributed by atoms with van der Waals surface area (Å²) in [5.74, 6) is -25.3. The second-order valence-electron chi connectivity index (χ2n) is 9.67. The normalized spacial score (nSPS) is 14.8. The maximum Gasteiger partial charge on any atom is 0.460 e. The van der Waals surface area contributed by atoms with Crippen LogP contribution in [-0.2, 0) is 11.8 Å². The number of hydrogen-bond donors (Lipinski definition) is 2. The fourth-order valence-corrected chi connectivity index (χ4v) is 4.90. The first-order valence-corrected chi connectivity index (χ1v) is 12.8. The highest BCUT2D eigenvalue weighted by Crippen LogP contribution is 2.55. The van der Waals surface area contributed by atoms with E-state index in [4.69, 9.17) is 23.2 Å². The van der Waals surface area contributed by atoms with Crippen LogP contribution in [0.25, 0.3) is 46.4 Å². The molecule has 0 saturated heterocycles. The Hall–Kier alpha value is -3.80. The van der Waals surface area contributed by atoms with Crippen LogP contribution in [0.2, 0.25) is 10.0 Å². The molecule has 8 bridgehead atoms. The van der Waals surface area contributed by atoms with Crippen molar-refractivity contribution >= 4 is 69.6 Å². The van der Waals surface area contributed by atoms with Gasteiger partial charge < -0.3 is 9.97 Å². The molecule has 0 radical (unpaired) electrons. The molecule has 3 aromatic rings. The van der Waals surface area contributed by atoms with Gasteiger partial charge in [0.25, 0.3) is 0 Å². The Balaban J connectivity index is 1.97. The first-order chi connectivity index (χ1) is 20.9. The fraction of sp³-hybridized carbons (Fsp3) is 0.231. The van der Waals surface area contributed by atoms with Crippen LogP contribution in [0.1, 0.15) is 33.9 Å². The Morgan fingerprint density at radius 2 is 0.739 bits per heavy atom. The molecule has 0 spiro atoms. The number of H-pyrrole nitrogens is 2. The van der Waals surface area contributed by atoms with E-state index in [0.717, 1.165) is 24.3 Å². The van der Waals surface area contributed by atoms with Gasteiger partial charge >= 0.3 is 36.0 Å². The van der Waals surface area contributed by atoms with Crippen molar-refractivity contribution < 1.29 is 61.5 Å². The number of fused-ring (bicyclic) bond motifs is 8. The average molecular weight is 715 g/mol. The topological polar surface area (TPSA) is 57.4 Å². The van der Waals surface area contributed by atoms with Crippen molar-refractivity contribution in [2.75, 3.05) is 0 Å². The maximum absolute atomic E-state index is 15.2. The van der Waals surface area contributed by atoms with E-state index in [1.807, 2.05) is 0 Å². The lowest BCUT2D eigenvalue weighted by atomic mass is 10.00. The molecular formula is C26H10Cl2F14N4. The molecule has 0 aliphatic carbocycles. The molecule has 20 heteroatoms. The first-order valence-electron chi connectivity index (χ1n) is 12.1. The van der Waals surface area contributed by atoms with E-state index in [1.54, 1.807) is 0 Å². The monoisotopic (exact) mass is 714 g/mol. The highest BCUT2D eigenvalue weighted by atomic mass is 35.5. The van der Waals surface area contributed by atoms with Gasteiger partial charge in [-0.25, -0.2) is 9.97 Å². The van der Waals surface area contributed by atoms with Crippen LogP contribution < -0.4 is 0 Å². The minimum absolute atomic E-state index is 0.528. The van der Waals surface area contributed by atoms with Gasteiger partial charge in [-0.3, -0.25) is 0 Å². The van der Waals surface area contributed by atoms with Crippen molar-refractivity contribution in [3.8, 4) is 0 Å². The van der Waals surface area contributed by atoms with E-state index in [0.29, 0.717) is 24.3 Å². The highest BCUT2D eigenvalue weighted by molar-refractivity contribution is 6.37. The Bertz CT molecular complexity index is 1830. The van der Waals surface area contributed by atoms with E-state index in [-0.39, 0.29) is 0 Å². The van der Waals surface area contributed by atoms with Gasteiger partial charge in [-0.05, 0) is 48.6 Å². The summed E-state index contributed by atoms with van der Waals surface area (Å²) in [5, 5.41) is -1.44. The van der Waals surface area contributed by atoms with Crippen molar-refractivity contribution in [2.45, 2.75) is 36.0 Å². The number of aromatic amines is 2. The predicted molar refractivity (Wildman–Crippen MR) is 139 cm³/mol. The Morgan fingerprint density at radius 1 is 0.435 bits per heavy atom. The van der Waals surface area contributed by atoms with Crippen molar-refractivity contribution in [1.82, 2.24) is 19.9 Å². The van der Waals surface area contributed by atoms with Crippen LogP contribution in [0, 0.1) is 0 Å². The lowest BCUT2D eigenvalue weighted by Gasteiger charge is -2.28. The van der Waals surface area contributed by atoms with Crippen molar-refractivity contribution in [3.63, 3.8) is 0 Å². The molecule has 246 valence electrons. The third kappa shape index (κ3) is 4.91. The molecule has 0 aromatic carbocycles. The van der Waals surface area contributed by atoms with Crippen LogP contribution in [0.4, 0.5) is 61.5 Å². The lowest BCUT2D eigenvalue weighted by molar-refractivity contribution is -0.359. The summed E-state index contributed by atoms with van der Waals surface area (Å²) < 4.78 is 197. The summed E-state index contributed by atoms with van der Waals surface area (Å²) >= 11 is 12.3. The molecule has 0 unspecified atom stereocenters. The van der Waals surface area contributed by atoms with Crippen molar-refractivity contribution in [3.05, 3.63) is 68.2 Å². The highest BCUT2D eigenvalue weighted by Gasteiger charge is 2.75. The Kier molecular flexibility index (Phi) is 7.55. The molecule has 2 N–H and O–H groups in total. The number of halogens is 16. The second kappa shape index (κ2) is 10.4. The summed E-state index contributed by atoms with van der Waals surface area (Å²) in [6, 6.07) is 2.80. The third-order valence-corrected chi connectivity index (χ3v) is 7.55. The molecule has 0 fully saturated rings. The summed E-state index contributed by atoms with van der Waals surface area (Å²) in [4.78, 5) is 11.4. The molecule has 2 aliphatic heterocycles. The smallest absolute Gasteiger partial charge is 0.354 e. The van der Waals surface area contributed by atoms with Gasteiger partial charge in [0.05, 0.1) is 66.0 Å². The number of aromatic nitrogens is 4. The van der Waals surface area contributed by atoms with Crippen molar-refractivity contribution in [2.24, 2.45) is 0 Å². The Morgan fingerprint density at radius 3 is 1.07 bits per heavy atom. The Labute approximate surface area is 255 Å². The molecule has 5 heterocycles. The standard InChI is InChI=1S/C26H10Cl2F14N4/c27-19-13-5-1-9(43-13)17(21(29,30)23(33,34)25(37,38)39)10-2-6-15(44-10)20(28)16-8-4-12(46-16)18(11-3-7-14(19)45-11)22(31,32)24(35,36)26(40,41)42/h1-8,43,45H. The van der Waals surface area contributed by atoms with E-state index in [9.17, 15) is 43.9 Å². The molecule has 5 rings (SSSR count). The molecule has 0 amide bonds. The minimum atomic E-state index is -6.76. The molecule has 4 nitrogen and oxygen atoms in total. The predicted octanol–water partition coefficient (Wildman–Crippen LogP) is 10.5. The molecular weight excluding hydrogens is 705 g/mol. The summed E-state index contributed by atoms with van der Waals surface area (Å²) in [5.41, 5.74) is -10.9. The molecule has 3 aromatic heterocycles. The zero-order chi connectivity index (χ0) is 34.4. The maximum atomic E-state index is 15.2. The largest absolute Gasteiger partial charge is 0.460 e. The van der Waals surface area contributed by atoms with E-state index in [2.05, 4.69) is 19.9 Å². The minimum Gasteiger partial charge on any atom is -0.354 e. The molecule has 46 heavy (non-hydrogen) atoms.